The van der Waals surface area contributed by atoms with E-state index in [9.17, 15) is 9.59 Å². The summed E-state index contributed by atoms with van der Waals surface area (Å²) in [6.07, 6.45) is 1.28. The van der Waals surface area contributed by atoms with Gasteiger partial charge >= 0.3 is 0 Å². The molecule has 1 aromatic heterocycles. The summed E-state index contributed by atoms with van der Waals surface area (Å²) in [6, 6.07) is 21.4. The number of para-hydroxylation sites is 2. The quantitative estimate of drug-likeness (QED) is 0.543. The summed E-state index contributed by atoms with van der Waals surface area (Å²) in [5.41, 5.74) is 2.44. The van der Waals surface area contributed by atoms with Crippen LogP contribution in [0.4, 0.5) is 5.95 Å². The number of anilines is 1. The smallest absolute Gasteiger partial charge is 0.254 e. The number of rotatable bonds is 3. The lowest BCUT2D eigenvalue weighted by molar-refractivity contribution is -0.121. The topological polar surface area (TPSA) is 78.1 Å². The molecule has 30 heavy (non-hydrogen) atoms. The first-order valence-electron chi connectivity index (χ1n) is 10.2. The number of hydrogen-bond acceptors (Lipinski definition) is 3. The Balaban J connectivity index is 1.24. The van der Waals surface area contributed by atoms with Crippen molar-refractivity contribution in [1.82, 2.24) is 14.9 Å². The molecular weight excluding hydrogens is 376 g/mol. The molecule has 0 bridgehead atoms. The molecule has 4 aromatic rings. The van der Waals surface area contributed by atoms with E-state index < -0.39 is 0 Å². The third kappa shape index (κ3) is 3.41. The van der Waals surface area contributed by atoms with E-state index in [2.05, 4.69) is 15.3 Å². The molecule has 1 aliphatic rings. The summed E-state index contributed by atoms with van der Waals surface area (Å²) in [5, 5.41) is 4.92. The Labute approximate surface area is 173 Å². The van der Waals surface area contributed by atoms with Crippen molar-refractivity contribution in [3.8, 4) is 0 Å². The number of H-pyrrole nitrogens is 1. The van der Waals surface area contributed by atoms with Crippen LogP contribution in [0.5, 0.6) is 0 Å². The fraction of sp³-hybridized carbons (Fsp3) is 0.208. The molecule has 0 saturated carbocycles. The van der Waals surface area contributed by atoms with E-state index >= 15 is 0 Å². The number of piperidine rings is 1. The first-order valence-corrected chi connectivity index (χ1v) is 10.2. The SMILES string of the molecule is O=C(Nc1nc2ccccc2[nH]1)C1CCN(C(=O)c2cccc3ccccc23)CC1. The Morgan fingerprint density at radius 1 is 0.933 bits per heavy atom. The molecule has 1 saturated heterocycles. The van der Waals surface area contributed by atoms with E-state index in [1.54, 1.807) is 0 Å². The number of aromatic nitrogens is 2. The van der Waals surface area contributed by atoms with Gasteiger partial charge in [-0.25, -0.2) is 4.98 Å². The highest BCUT2D eigenvalue weighted by atomic mass is 16.2. The second-order valence-corrected chi connectivity index (χ2v) is 7.68. The number of benzene rings is 3. The van der Waals surface area contributed by atoms with Crippen LogP contribution in [-0.4, -0.2) is 39.8 Å². The number of carbonyl (C=O) groups excluding carboxylic acids is 2. The van der Waals surface area contributed by atoms with Crippen molar-refractivity contribution in [3.63, 3.8) is 0 Å². The monoisotopic (exact) mass is 398 g/mol. The lowest BCUT2D eigenvalue weighted by Crippen LogP contribution is -2.41. The Morgan fingerprint density at radius 3 is 2.50 bits per heavy atom. The van der Waals surface area contributed by atoms with Gasteiger partial charge in [0.2, 0.25) is 11.9 Å². The zero-order chi connectivity index (χ0) is 20.5. The highest BCUT2D eigenvalue weighted by molar-refractivity contribution is 6.07. The standard InChI is InChI=1S/C24H22N4O2/c29-22(27-24-25-20-10-3-4-11-21(20)26-24)17-12-14-28(15-13-17)23(30)19-9-5-7-16-6-1-2-8-18(16)19/h1-11,17H,12-15H2,(H2,25,26,27,29). The number of fused-ring (bicyclic) bond motifs is 2. The Bertz CT molecular complexity index is 1200. The van der Waals surface area contributed by atoms with Gasteiger partial charge in [-0.15, -0.1) is 0 Å². The molecule has 0 aliphatic carbocycles. The van der Waals surface area contributed by atoms with Crippen LogP contribution in [-0.2, 0) is 4.79 Å². The Kier molecular flexibility index (Phi) is 4.67. The molecular formula is C24H22N4O2. The fourth-order valence-corrected chi connectivity index (χ4v) is 4.16. The molecule has 0 radical (unpaired) electrons. The third-order valence-electron chi connectivity index (χ3n) is 5.80. The maximum absolute atomic E-state index is 13.1. The predicted molar refractivity (Wildman–Crippen MR) is 117 cm³/mol. The van der Waals surface area contributed by atoms with Gasteiger partial charge in [0.1, 0.15) is 0 Å². The van der Waals surface area contributed by atoms with Gasteiger partial charge in [0.25, 0.3) is 5.91 Å². The zero-order valence-corrected chi connectivity index (χ0v) is 16.5. The number of carbonyl (C=O) groups is 2. The molecule has 1 fully saturated rings. The van der Waals surface area contributed by atoms with Gasteiger partial charge in [-0.3, -0.25) is 14.9 Å². The summed E-state index contributed by atoms with van der Waals surface area (Å²) < 4.78 is 0. The minimum Gasteiger partial charge on any atom is -0.339 e. The van der Waals surface area contributed by atoms with E-state index in [4.69, 9.17) is 0 Å². The Hall–Kier alpha value is -3.67. The van der Waals surface area contributed by atoms with Crippen molar-refractivity contribution in [1.29, 1.82) is 0 Å². The van der Waals surface area contributed by atoms with Crippen LogP contribution in [0.2, 0.25) is 0 Å². The third-order valence-corrected chi connectivity index (χ3v) is 5.80. The minimum atomic E-state index is -0.130. The maximum Gasteiger partial charge on any atom is 0.254 e. The van der Waals surface area contributed by atoms with Crippen LogP contribution in [0.15, 0.2) is 66.7 Å². The normalized spacial score (nSPS) is 14.9. The summed E-state index contributed by atoms with van der Waals surface area (Å²) in [7, 11) is 0. The zero-order valence-electron chi connectivity index (χ0n) is 16.5. The number of aromatic amines is 1. The molecule has 1 aliphatic heterocycles. The number of likely N-dealkylation sites (tertiary alicyclic amines) is 1. The largest absolute Gasteiger partial charge is 0.339 e. The van der Waals surface area contributed by atoms with E-state index in [-0.39, 0.29) is 17.7 Å². The molecule has 3 aromatic carbocycles. The van der Waals surface area contributed by atoms with Crippen molar-refractivity contribution < 1.29 is 9.59 Å². The van der Waals surface area contributed by atoms with Crippen molar-refractivity contribution in [2.45, 2.75) is 12.8 Å². The molecule has 6 heteroatoms. The van der Waals surface area contributed by atoms with Crippen molar-refractivity contribution >= 4 is 39.6 Å². The van der Waals surface area contributed by atoms with Gasteiger partial charge in [0.15, 0.2) is 0 Å². The van der Waals surface area contributed by atoms with E-state index in [0.717, 1.165) is 27.4 Å². The molecule has 0 spiro atoms. The fourth-order valence-electron chi connectivity index (χ4n) is 4.16. The van der Waals surface area contributed by atoms with Crippen LogP contribution in [0.1, 0.15) is 23.2 Å². The van der Waals surface area contributed by atoms with E-state index in [1.165, 1.54) is 0 Å². The molecule has 0 atom stereocenters. The lowest BCUT2D eigenvalue weighted by atomic mass is 9.95. The van der Waals surface area contributed by atoms with Crippen LogP contribution in [0, 0.1) is 5.92 Å². The van der Waals surface area contributed by atoms with Crippen LogP contribution in [0.3, 0.4) is 0 Å². The van der Waals surface area contributed by atoms with Gasteiger partial charge in [0, 0.05) is 24.6 Å². The average molecular weight is 398 g/mol. The van der Waals surface area contributed by atoms with Gasteiger partial charge in [-0.1, -0.05) is 48.5 Å². The number of imidazole rings is 1. The summed E-state index contributed by atoms with van der Waals surface area (Å²) >= 11 is 0. The van der Waals surface area contributed by atoms with Crippen LogP contribution in [0.25, 0.3) is 21.8 Å². The number of nitrogens with zero attached hydrogens (tertiary/aromatic N) is 2. The second-order valence-electron chi connectivity index (χ2n) is 7.68. The average Bonchev–Trinajstić information content (AvgIpc) is 3.20. The highest BCUT2D eigenvalue weighted by Crippen LogP contribution is 2.24. The van der Waals surface area contributed by atoms with Crippen molar-refractivity contribution in [3.05, 3.63) is 72.3 Å². The molecule has 2 heterocycles. The molecule has 6 nitrogen and oxygen atoms in total. The Morgan fingerprint density at radius 2 is 1.67 bits per heavy atom. The summed E-state index contributed by atoms with van der Waals surface area (Å²) in [4.78, 5) is 35.2. The van der Waals surface area contributed by atoms with Gasteiger partial charge in [0.05, 0.1) is 11.0 Å². The van der Waals surface area contributed by atoms with Gasteiger partial charge in [-0.05, 0) is 41.8 Å². The molecule has 2 N–H and O–H groups in total. The van der Waals surface area contributed by atoms with E-state index in [0.29, 0.717) is 31.9 Å². The maximum atomic E-state index is 13.1. The first kappa shape index (κ1) is 18.4. The first-order chi connectivity index (χ1) is 14.7. The summed E-state index contributed by atoms with van der Waals surface area (Å²) in [6.45, 7) is 1.14. The van der Waals surface area contributed by atoms with Gasteiger partial charge < -0.3 is 9.88 Å². The molecule has 2 amide bonds. The molecule has 150 valence electrons. The second kappa shape index (κ2) is 7.63. The predicted octanol–water partition coefficient (Wildman–Crippen LogP) is 4.21. The van der Waals surface area contributed by atoms with Crippen LogP contribution >= 0.6 is 0 Å². The summed E-state index contributed by atoms with van der Waals surface area (Å²) in [5.74, 6) is 0.319. The molecule has 0 unspecified atom stereocenters. The minimum absolute atomic E-state index is 0.0305. The highest BCUT2D eigenvalue weighted by Gasteiger charge is 2.28. The lowest BCUT2D eigenvalue weighted by Gasteiger charge is -2.31. The van der Waals surface area contributed by atoms with Gasteiger partial charge in [-0.2, -0.15) is 0 Å². The van der Waals surface area contributed by atoms with Crippen molar-refractivity contribution in [2.24, 2.45) is 5.92 Å². The number of amides is 2. The number of hydrogen-bond donors (Lipinski definition) is 2. The number of nitrogens with one attached hydrogen (secondary N) is 2. The van der Waals surface area contributed by atoms with Crippen LogP contribution < -0.4 is 5.32 Å². The molecule has 5 rings (SSSR count). The van der Waals surface area contributed by atoms with E-state index in [1.807, 2.05) is 71.6 Å². The van der Waals surface area contributed by atoms with Crippen molar-refractivity contribution in [2.75, 3.05) is 18.4 Å².